The van der Waals surface area contributed by atoms with Gasteiger partial charge in [-0.2, -0.15) is 0 Å². The van der Waals surface area contributed by atoms with Crippen LogP contribution in [0.2, 0.25) is 0 Å². The molecule has 0 unspecified atom stereocenters. The zero-order chi connectivity index (χ0) is 11.5. The van der Waals surface area contributed by atoms with Crippen molar-refractivity contribution < 1.29 is 14.3 Å². The highest BCUT2D eigenvalue weighted by Crippen LogP contribution is 1.94. The van der Waals surface area contributed by atoms with Crippen molar-refractivity contribution in [1.29, 1.82) is 0 Å². The van der Waals surface area contributed by atoms with Crippen LogP contribution in [0.4, 0.5) is 0 Å². The summed E-state index contributed by atoms with van der Waals surface area (Å²) in [6, 6.07) is 0. The van der Waals surface area contributed by atoms with E-state index in [9.17, 15) is 4.79 Å². The van der Waals surface area contributed by atoms with Crippen molar-refractivity contribution in [3.8, 4) is 0 Å². The van der Waals surface area contributed by atoms with Gasteiger partial charge in [-0.05, 0) is 6.92 Å². The van der Waals surface area contributed by atoms with Gasteiger partial charge in [-0.1, -0.05) is 12.2 Å². The summed E-state index contributed by atoms with van der Waals surface area (Å²) in [5, 5.41) is 0. The lowest BCUT2D eigenvalue weighted by atomic mass is 10.3. The highest BCUT2D eigenvalue weighted by molar-refractivity contribution is 5.69. The summed E-state index contributed by atoms with van der Waals surface area (Å²) in [7, 11) is 3.09. The Balaban J connectivity index is 3.83. The summed E-state index contributed by atoms with van der Waals surface area (Å²) in [6.45, 7) is 5.04. The third-order valence-electron chi connectivity index (χ3n) is 2.07. The smallest absolute Gasteiger partial charge is 0.306 e. The van der Waals surface area contributed by atoms with E-state index >= 15 is 0 Å². The minimum atomic E-state index is -0.169. The summed E-state index contributed by atoms with van der Waals surface area (Å²) in [4.78, 5) is 13.1. The van der Waals surface area contributed by atoms with Crippen LogP contribution in [0.5, 0.6) is 0 Å². The summed E-state index contributed by atoms with van der Waals surface area (Å²) in [6.07, 6.45) is 4.49. The molecule has 0 N–H and O–H groups in total. The number of nitrogens with zero attached hydrogens (tertiary/aromatic N) is 1. The van der Waals surface area contributed by atoms with E-state index in [1.54, 1.807) is 7.11 Å². The number of methoxy groups -OCH3 is 2. The normalized spacial score (nSPS) is 11.2. The fourth-order valence-electron chi connectivity index (χ4n) is 1.12. The highest BCUT2D eigenvalue weighted by atomic mass is 16.5. The first-order chi connectivity index (χ1) is 7.24. The van der Waals surface area contributed by atoms with E-state index in [1.807, 2.05) is 13.0 Å². The molecular formula is C11H21NO3. The van der Waals surface area contributed by atoms with E-state index in [4.69, 9.17) is 4.74 Å². The van der Waals surface area contributed by atoms with Crippen LogP contribution in [0.3, 0.4) is 0 Å². The van der Waals surface area contributed by atoms with Gasteiger partial charge < -0.3 is 9.47 Å². The third kappa shape index (κ3) is 8.15. The summed E-state index contributed by atoms with van der Waals surface area (Å²) in [5.74, 6) is -0.169. The van der Waals surface area contributed by atoms with Gasteiger partial charge in [0, 0.05) is 26.7 Å². The number of hydrogen-bond donors (Lipinski definition) is 0. The molecule has 0 radical (unpaired) electrons. The molecule has 0 bridgehead atoms. The van der Waals surface area contributed by atoms with Gasteiger partial charge in [0.25, 0.3) is 0 Å². The second kappa shape index (κ2) is 9.68. The van der Waals surface area contributed by atoms with E-state index in [1.165, 1.54) is 7.11 Å². The predicted molar refractivity (Wildman–Crippen MR) is 59.8 cm³/mol. The van der Waals surface area contributed by atoms with Crippen LogP contribution in [-0.4, -0.2) is 51.3 Å². The fraction of sp³-hybridized carbons (Fsp3) is 0.727. The first-order valence-electron chi connectivity index (χ1n) is 5.13. The lowest BCUT2D eigenvalue weighted by Crippen LogP contribution is -2.30. The van der Waals surface area contributed by atoms with Gasteiger partial charge in [-0.15, -0.1) is 0 Å². The van der Waals surface area contributed by atoms with Gasteiger partial charge in [-0.25, -0.2) is 0 Å². The maximum atomic E-state index is 11.0. The number of carbonyl (C=O) groups excluding carboxylic acids is 1. The molecule has 0 aromatic rings. The maximum Gasteiger partial charge on any atom is 0.306 e. The molecule has 0 aliphatic rings. The van der Waals surface area contributed by atoms with Crippen LogP contribution < -0.4 is 0 Å². The Hall–Kier alpha value is -0.870. The standard InChI is InChI=1S/C11H21NO3/c1-4-5-7-12(9-10-14-2)8-6-11(13)15-3/h4-5H,6-10H2,1-3H3/b5-4+. The maximum absolute atomic E-state index is 11.0. The van der Waals surface area contributed by atoms with E-state index in [-0.39, 0.29) is 5.97 Å². The average Bonchev–Trinajstić information content (AvgIpc) is 2.27. The van der Waals surface area contributed by atoms with Gasteiger partial charge in [0.1, 0.15) is 0 Å². The van der Waals surface area contributed by atoms with Crippen LogP contribution in [-0.2, 0) is 14.3 Å². The molecule has 15 heavy (non-hydrogen) atoms. The van der Waals surface area contributed by atoms with Crippen molar-refractivity contribution in [2.24, 2.45) is 0 Å². The second-order valence-corrected chi connectivity index (χ2v) is 3.19. The minimum absolute atomic E-state index is 0.169. The van der Waals surface area contributed by atoms with Crippen molar-refractivity contribution in [3.63, 3.8) is 0 Å². The topological polar surface area (TPSA) is 38.8 Å². The Kier molecular flexibility index (Phi) is 9.11. The third-order valence-corrected chi connectivity index (χ3v) is 2.07. The number of rotatable bonds is 8. The molecule has 0 saturated carbocycles. The largest absolute Gasteiger partial charge is 0.469 e. The molecule has 0 heterocycles. The first kappa shape index (κ1) is 14.1. The molecule has 0 rings (SSSR count). The number of esters is 1. The monoisotopic (exact) mass is 215 g/mol. The zero-order valence-electron chi connectivity index (χ0n) is 9.86. The quantitative estimate of drug-likeness (QED) is 0.448. The van der Waals surface area contributed by atoms with Crippen molar-refractivity contribution in [3.05, 3.63) is 12.2 Å². The Morgan fingerprint density at radius 1 is 1.33 bits per heavy atom. The number of carbonyl (C=O) groups is 1. The molecule has 0 aliphatic carbocycles. The van der Waals surface area contributed by atoms with Gasteiger partial charge in [0.2, 0.25) is 0 Å². The van der Waals surface area contributed by atoms with Crippen molar-refractivity contribution in [2.45, 2.75) is 13.3 Å². The number of hydrogen-bond acceptors (Lipinski definition) is 4. The van der Waals surface area contributed by atoms with E-state index in [0.717, 1.165) is 13.1 Å². The molecule has 4 heteroatoms. The number of ether oxygens (including phenoxy) is 2. The lowest BCUT2D eigenvalue weighted by Gasteiger charge is -2.19. The molecule has 88 valence electrons. The van der Waals surface area contributed by atoms with E-state index in [2.05, 4.69) is 15.7 Å². The Morgan fingerprint density at radius 2 is 2.07 bits per heavy atom. The summed E-state index contributed by atoms with van der Waals surface area (Å²) < 4.78 is 9.60. The van der Waals surface area contributed by atoms with Crippen molar-refractivity contribution in [2.75, 3.05) is 40.5 Å². The predicted octanol–water partition coefficient (Wildman–Crippen LogP) is 1.07. The Bertz CT molecular complexity index is 192. The SMILES string of the molecule is C/C=C/CN(CCOC)CCC(=O)OC. The molecule has 0 atom stereocenters. The van der Waals surface area contributed by atoms with Crippen LogP contribution in [0.15, 0.2) is 12.2 Å². The average molecular weight is 215 g/mol. The van der Waals surface area contributed by atoms with Gasteiger partial charge in [0.15, 0.2) is 0 Å². The molecular weight excluding hydrogens is 194 g/mol. The van der Waals surface area contributed by atoms with Crippen molar-refractivity contribution in [1.82, 2.24) is 4.90 Å². The van der Waals surface area contributed by atoms with Crippen molar-refractivity contribution >= 4 is 5.97 Å². The second-order valence-electron chi connectivity index (χ2n) is 3.19. The molecule has 0 saturated heterocycles. The highest BCUT2D eigenvalue weighted by Gasteiger charge is 2.06. The van der Waals surface area contributed by atoms with E-state index in [0.29, 0.717) is 19.6 Å². The van der Waals surface area contributed by atoms with Gasteiger partial charge in [-0.3, -0.25) is 9.69 Å². The first-order valence-corrected chi connectivity index (χ1v) is 5.13. The Morgan fingerprint density at radius 3 is 2.60 bits per heavy atom. The van der Waals surface area contributed by atoms with Crippen LogP contribution in [0, 0.1) is 0 Å². The minimum Gasteiger partial charge on any atom is -0.469 e. The zero-order valence-corrected chi connectivity index (χ0v) is 9.86. The van der Waals surface area contributed by atoms with Crippen LogP contribution in [0.1, 0.15) is 13.3 Å². The van der Waals surface area contributed by atoms with Crippen LogP contribution in [0.25, 0.3) is 0 Å². The van der Waals surface area contributed by atoms with Gasteiger partial charge in [0.05, 0.1) is 20.1 Å². The Labute approximate surface area is 91.8 Å². The summed E-state index contributed by atoms with van der Waals surface area (Å²) >= 11 is 0. The fourth-order valence-corrected chi connectivity index (χ4v) is 1.12. The molecule has 0 aromatic heterocycles. The summed E-state index contributed by atoms with van der Waals surface area (Å²) in [5.41, 5.74) is 0. The lowest BCUT2D eigenvalue weighted by molar-refractivity contribution is -0.141. The molecule has 0 fully saturated rings. The molecule has 0 aliphatic heterocycles. The van der Waals surface area contributed by atoms with Crippen LogP contribution >= 0.6 is 0 Å². The molecule has 4 nitrogen and oxygen atoms in total. The molecule has 0 amide bonds. The molecule has 0 spiro atoms. The number of allylic oxidation sites excluding steroid dienone is 1. The van der Waals surface area contributed by atoms with Gasteiger partial charge >= 0.3 is 5.97 Å². The van der Waals surface area contributed by atoms with E-state index < -0.39 is 0 Å². The molecule has 0 aromatic carbocycles.